The highest BCUT2D eigenvalue weighted by Gasteiger charge is 2.38. The Morgan fingerprint density at radius 2 is 1.77 bits per heavy atom. The van der Waals surface area contributed by atoms with Gasteiger partial charge in [0, 0.05) is 29.2 Å². The van der Waals surface area contributed by atoms with Crippen LogP contribution in [-0.2, 0) is 4.79 Å². The van der Waals surface area contributed by atoms with Crippen LogP contribution in [0.4, 0.5) is 40.7 Å². The van der Waals surface area contributed by atoms with Gasteiger partial charge in [0.05, 0.1) is 5.52 Å². The Balaban J connectivity index is 0.000000429. The van der Waals surface area contributed by atoms with Crippen molar-refractivity contribution in [3.63, 3.8) is 0 Å². The number of H-pyrrole nitrogens is 1. The van der Waals surface area contributed by atoms with Crippen LogP contribution in [0.2, 0.25) is 0 Å². The molecule has 0 aliphatic rings. The molecular weight excluding hydrogens is 478 g/mol. The molecule has 0 bridgehead atoms. The van der Waals surface area contributed by atoms with Crippen LogP contribution in [0.3, 0.4) is 0 Å². The number of carboxylic acids is 1. The fourth-order valence-corrected chi connectivity index (χ4v) is 2.75. The summed E-state index contributed by atoms with van der Waals surface area (Å²) in [5.41, 5.74) is 3.29. The number of aryl methyl sites for hydroxylation is 2. The summed E-state index contributed by atoms with van der Waals surface area (Å²) in [6, 6.07) is 7.98. The van der Waals surface area contributed by atoms with Crippen LogP contribution in [0.15, 0.2) is 45.7 Å². The largest absolute Gasteiger partial charge is 0.505 e. The SMILES string of the molecule is Cc1cnc(Nc2cc(C)c(F)c(O)c2)nc1Nc1ccc2oc(=O)[nH]c2c1.O=C(O)C(F)(F)F. The van der Waals surface area contributed by atoms with Crippen molar-refractivity contribution >= 4 is 40.2 Å². The third-order valence-electron chi connectivity index (χ3n) is 4.39. The molecule has 4 rings (SSSR count). The molecule has 0 spiro atoms. The number of fused-ring (bicyclic) bond motifs is 1. The lowest BCUT2D eigenvalue weighted by Crippen LogP contribution is -2.21. The zero-order valence-corrected chi connectivity index (χ0v) is 18.0. The van der Waals surface area contributed by atoms with Gasteiger partial charge in [0.1, 0.15) is 5.82 Å². The van der Waals surface area contributed by atoms with Gasteiger partial charge in [-0.25, -0.2) is 19.0 Å². The Labute approximate surface area is 193 Å². The van der Waals surface area contributed by atoms with Gasteiger partial charge in [0.15, 0.2) is 17.1 Å². The number of aromatic nitrogens is 3. The minimum atomic E-state index is -5.08. The van der Waals surface area contributed by atoms with Gasteiger partial charge in [-0.2, -0.15) is 18.2 Å². The van der Waals surface area contributed by atoms with Crippen LogP contribution in [0.5, 0.6) is 5.75 Å². The van der Waals surface area contributed by atoms with Gasteiger partial charge >= 0.3 is 17.9 Å². The van der Waals surface area contributed by atoms with Gasteiger partial charge in [-0.1, -0.05) is 0 Å². The molecule has 10 nitrogen and oxygen atoms in total. The summed E-state index contributed by atoms with van der Waals surface area (Å²) in [6.45, 7) is 3.40. The van der Waals surface area contributed by atoms with Crippen molar-refractivity contribution in [2.45, 2.75) is 20.0 Å². The second-order valence-electron chi connectivity index (χ2n) is 7.13. The van der Waals surface area contributed by atoms with Crippen LogP contribution in [-0.4, -0.2) is 37.3 Å². The normalized spacial score (nSPS) is 11.0. The van der Waals surface area contributed by atoms with E-state index >= 15 is 0 Å². The molecule has 4 aromatic rings. The van der Waals surface area contributed by atoms with Crippen LogP contribution in [0.25, 0.3) is 11.1 Å². The Hall–Kier alpha value is -4.62. The maximum atomic E-state index is 13.6. The van der Waals surface area contributed by atoms with Crippen molar-refractivity contribution in [3.05, 3.63) is 64.0 Å². The average molecular weight is 495 g/mol. The molecule has 0 fully saturated rings. The minimum absolute atomic E-state index is 0.274. The van der Waals surface area contributed by atoms with Crippen molar-refractivity contribution in [2.24, 2.45) is 0 Å². The quantitative estimate of drug-likeness (QED) is 0.258. The number of hydrogen-bond donors (Lipinski definition) is 5. The van der Waals surface area contributed by atoms with Crippen LogP contribution in [0, 0.1) is 19.7 Å². The van der Waals surface area contributed by atoms with Crippen LogP contribution < -0.4 is 16.4 Å². The van der Waals surface area contributed by atoms with E-state index < -0.39 is 29.5 Å². The Kier molecular flexibility index (Phi) is 6.93. The first-order valence-electron chi connectivity index (χ1n) is 9.63. The van der Waals surface area contributed by atoms with Crippen molar-refractivity contribution in [1.82, 2.24) is 15.0 Å². The van der Waals surface area contributed by atoms with Gasteiger partial charge in [0.25, 0.3) is 0 Å². The first kappa shape index (κ1) is 25.0. The van der Waals surface area contributed by atoms with E-state index in [2.05, 4.69) is 25.6 Å². The number of phenolic OH excluding ortho intramolecular Hbond substituents is 1. The summed E-state index contributed by atoms with van der Waals surface area (Å²) in [4.78, 5) is 31.4. The maximum Gasteiger partial charge on any atom is 0.490 e. The first-order valence-corrected chi connectivity index (χ1v) is 9.63. The second-order valence-corrected chi connectivity index (χ2v) is 7.13. The lowest BCUT2D eigenvalue weighted by Gasteiger charge is -2.12. The number of aromatic hydroxyl groups is 1. The van der Waals surface area contributed by atoms with E-state index in [9.17, 15) is 27.5 Å². The number of carbonyl (C=O) groups is 1. The fourth-order valence-electron chi connectivity index (χ4n) is 2.75. The van der Waals surface area contributed by atoms with E-state index in [0.29, 0.717) is 33.9 Å². The number of aliphatic carboxylic acids is 1. The predicted octanol–water partition coefficient (Wildman–Crippen LogP) is 4.49. The number of anilines is 4. The molecule has 0 unspecified atom stereocenters. The summed E-state index contributed by atoms with van der Waals surface area (Å²) in [6.07, 6.45) is -3.45. The van der Waals surface area contributed by atoms with Crippen LogP contribution in [0.1, 0.15) is 11.1 Å². The Bertz CT molecular complexity index is 1430. The number of rotatable bonds is 4. The fraction of sp³-hybridized carbons (Fsp3) is 0.143. The molecule has 0 saturated heterocycles. The lowest BCUT2D eigenvalue weighted by molar-refractivity contribution is -0.192. The summed E-state index contributed by atoms with van der Waals surface area (Å²) in [5.74, 6) is -3.56. The molecule has 0 amide bonds. The van der Waals surface area contributed by atoms with E-state index in [-0.39, 0.29) is 5.95 Å². The molecule has 0 saturated carbocycles. The van der Waals surface area contributed by atoms with Crippen molar-refractivity contribution in [1.29, 1.82) is 0 Å². The molecule has 184 valence electrons. The number of benzene rings is 2. The first-order chi connectivity index (χ1) is 16.3. The summed E-state index contributed by atoms with van der Waals surface area (Å²) >= 11 is 0. The average Bonchev–Trinajstić information content (AvgIpc) is 3.13. The number of nitrogens with one attached hydrogen (secondary N) is 3. The maximum absolute atomic E-state index is 13.6. The highest BCUT2D eigenvalue weighted by molar-refractivity contribution is 5.78. The standard InChI is InChI=1S/C19H16FN5O3.C2HF3O2/c1-9-5-12(7-14(26)16(9)20)23-18-21-8-10(2)17(25-18)22-11-3-4-15-13(6-11)24-19(27)28-15;3-2(4,5)1(6)7/h3-8,26H,1-2H3,(H,24,27)(H2,21,22,23,25);(H,6,7). The van der Waals surface area contributed by atoms with E-state index in [1.165, 1.54) is 6.07 Å². The van der Waals surface area contributed by atoms with Crippen molar-refractivity contribution < 1.29 is 37.0 Å². The van der Waals surface area contributed by atoms with Crippen molar-refractivity contribution in [2.75, 3.05) is 10.6 Å². The third-order valence-corrected chi connectivity index (χ3v) is 4.39. The molecular formula is C21H17F4N5O5. The highest BCUT2D eigenvalue weighted by Crippen LogP contribution is 2.27. The number of phenols is 1. The van der Waals surface area contributed by atoms with Crippen LogP contribution >= 0.6 is 0 Å². The summed E-state index contributed by atoms with van der Waals surface area (Å²) < 4.78 is 50.3. The summed E-state index contributed by atoms with van der Waals surface area (Å²) in [7, 11) is 0. The number of halogens is 4. The molecule has 2 aromatic heterocycles. The molecule has 2 heterocycles. The zero-order valence-electron chi connectivity index (χ0n) is 18.0. The smallest absolute Gasteiger partial charge is 0.490 e. The van der Waals surface area contributed by atoms with E-state index in [1.807, 2.05) is 6.92 Å². The summed E-state index contributed by atoms with van der Waals surface area (Å²) in [5, 5.41) is 22.9. The number of nitrogens with zero attached hydrogens (tertiary/aromatic N) is 2. The molecule has 0 atom stereocenters. The van der Waals surface area contributed by atoms with Crippen molar-refractivity contribution in [3.8, 4) is 5.75 Å². The highest BCUT2D eigenvalue weighted by atomic mass is 19.4. The minimum Gasteiger partial charge on any atom is -0.505 e. The number of oxazole rings is 1. The predicted molar refractivity (Wildman–Crippen MR) is 117 cm³/mol. The number of aromatic amines is 1. The topological polar surface area (TPSA) is 153 Å². The molecule has 0 aliphatic heterocycles. The van der Waals surface area contributed by atoms with Gasteiger partial charge in [-0.15, -0.1) is 0 Å². The molecule has 35 heavy (non-hydrogen) atoms. The zero-order chi connectivity index (χ0) is 25.9. The second kappa shape index (κ2) is 9.70. The lowest BCUT2D eigenvalue weighted by atomic mass is 10.2. The number of alkyl halides is 3. The number of carboxylic acid groups (broad SMARTS) is 1. The van der Waals surface area contributed by atoms with E-state index in [1.54, 1.807) is 37.4 Å². The Morgan fingerprint density at radius 3 is 2.40 bits per heavy atom. The molecule has 0 aliphatic carbocycles. The molecule has 0 radical (unpaired) electrons. The van der Waals surface area contributed by atoms with Gasteiger partial charge < -0.3 is 25.3 Å². The van der Waals surface area contributed by atoms with Gasteiger partial charge in [0.2, 0.25) is 5.95 Å². The van der Waals surface area contributed by atoms with E-state index in [0.717, 1.165) is 5.56 Å². The van der Waals surface area contributed by atoms with E-state index in [4.69, 9.17) is 14.3 Å². The number of hydrogen-bond acceptors (Lipinski definition) is 8. The monoisotopic (exact) mass is 495 g/mol. The molecule has 5 N–H and O–H groups in total. The van der Waals surface area contributed by atoms with Gasteiger partial charge in [-0.3, -0.25) is 4.98 Å². The Morgan fingerprint density at radius 1 is 1.09 bits per heavy atom. The third kappa shape index (κ3) is 6.25. The molecule has 14 heteroatoms. The van der Waals surface area contributed by atoms with Gasteiger partial charge in [-0.05, 0) is 43.7 Å². The molecule has 2 aromatic carbocycles.